The Hall–Kier alpha value is -2.23. The summed E-state index contributed by atoms with van der Waals surface area (Å²) in [6.07, 6.45) is 2.76. The third-order valence-electron chi connectivity index (χ3n) is 3.24. The normalized spacial score (nSPS) is 10.6. The number of hydrogen-bond acceptors (Lipinski definition) is 2. The summed E-state index contributed by atoms with van der Waals surface area (Å²) in [7, 11) is 0. The van der Waals surface area contributed by atoms with Crippen molar-refractivity contribution >= 4 is 17.3 Å². The molecular formula is C16H21N3O. The molecule has 4 nitrogen and oxygen atoms in total. The first-order valence-electron chi connectivity index (χ1n) is 6.85. The number of carbonyl (C=O) groups excluding carboxylic acids is 1. The number of rotatable bonds is 4. The predicted octanol–water partition coefficient (Wildman–Crippen LogP) is 3.35. The van der Waals surface area contributed by atoms with Crippen LogP contribution in [0.4, 0.5) is 11.4 Å². The minimum atomic E-state index is -0.123. The fourth-order valence-corrected chi connectivity index (χ4v) is 2.29. The van der Waals surface area contributed by atoms with Gasteiger partial charge in [-0.1, -0.05) is 24.6 Å². The van der Waals surface area contributed by atoms with Gasteiger partial charge in [0, 0.05) is 18.4 Å². The van der Waals surface area contributed by atoms with E-state index in [1.165, 1.54) is 5.56 Å². The zero-order valence-corrected chi connectivity index (χ0v) is 12.2. The van der Waals surface area contributed by atoms with E-state index in [-0.39, 0.29) is 5.91 Å². The molecule has 0 radical (unpaired) electrons. The molecule has 0 atom stereocenters. The lowest BCUT2D eigenvalue weighted by Gasteiger charge is -2.11. The molecule has 0 saturated heterocycles. The Morgan fingerprint density at radius 1 is 1.30 bits per heavy atom. The van der Waals surface area contributed by atoms with Crippen molar-refractivity contribution in [3.63, 3.8) is 0 Å². The highest BCUT2D eigenvalue weighted by Crippen LogP contribution is 2.18. The molecule has 0 aliphatic carbocycles. The minimum Gasteiger partial charge on any atom is -0.397 e. The molecule has 3 N–H and O–H groups in total. The first kappa shape index (κ1) is 14.2. The number of amides is 1. The number of aromatic nitrogens is 1. The van der Waals surface area contributed by atoms with Crippen molar-refractivity contribution in [3.8, 4) is 0 Å². The second kappa shape index (κ2) is 5.82. The maximum absolute atomic E-state index is 12.4. The standard InChI is InChI=1S/C16H21N3O/c1-4-7-19-10-13(17)9-15(19)16(20)18-14-6-5-11(2)8-12(14)3/h5-6,8-10H,4,7,17H2,1-3H3,(H,18,20). The highest BCUT2D eigenvalue weighted by atomic mass is 16.1. The van der Waals surface area contributed by atoms with Crippen molar-refractivity contribution in [2.45, 2.75) is 33.7 Å². The topological polar surface area (TPSA) is 60.0 Å². The molecular weight excluding hydrogens is 250 g/mol. The highest BCUT2D eigenvalue weighted by Gasteiger charge is 2.13. The summed E-state index contributed by atoms with van der Waals surface area (Å²) in [6, 6.07) is 7.69. The van der Waals surface area contributed by atoms with E-state index in [4.69, 9.17) is 5.73 Å². The number of anilines is 2. The molecule has 0 unspecified atom stereocenters. The Bertz CT molecular complexity index is 629. The van der Waals surface area contributed by atoms with E-state index in [2.05, 4.69) is 18.3 Å². The van der Waals surface area contributed by atoms with Gasteiger partial charge in [-0.25, -0.2) is 0 Å². The lowest BCUT2D eigenvalue weighted by Crippen LogP contribution is -2.17. The van der Waals surface area contributed by atoms with E-state index < -0.39 is 0 Å². The van der Waals surface area contributed by atoms with Crippen LogP contribution in [0.5, 0.6) is 0 Å². The van der Waals surface area contributed by atoms with Gasteiger partial charge in [-0.2, -0.15) is 0 Å². The highest BCUT2D eigenvalue weighted by molar-refractivity contribution is 6.04. The smallest absolute Gasteiger partial charge is 0.272 e. The molecule has 4 heteroatoms. The molecule has 0 bridgehead atoms. The largest absolute Gasteiger partial charge is 0.397 e. The Labute approximate surface area is 119 Å². The van der Waals surface area contributed by atoms with Crippen LogP contribution < -0.4 is 11.1 Å². The maximum atomic E-state index is 12.4. The zero-order chi connectivity index (χ0) is 14.7. The number of nitrogens with zero attached hydrogens (tertiary/aromatic N) is 1. The fourth-order valence-electron chi connectivity index (χ4n) is 2.29. The minimum absolute atomic E-state index is 0.123. The van der Waals surface area contributed by atoms with Crippen LogP contribution in [0, 0.1) is 13.8 Å². The SMILES string of the molecule is CCCn1cc(N)cc1C(=O)Nc1ccc(C)cc1C. The van der Waals surface area contributed by atoms with Crippen LogP contribution in [0.15, 0.2) is 30.5 Å². The van der Waals surface area contributed by atoms with Gasteiger partial charge in [0.1, 0.15) is 5.69 Å². The molecule has 0 aliphatic heterocycles. The zero-order valence-electron chi connectivity index (χ0n) is 12.2. The predicted molar refractivity (Wildman–Crippen MR) is 83.0 cm³/mol. The van der Waals surface area contributed by atoms with Crippen LogP contribution in [-0.2, 0) is 6.54 Å². The first-order valence-corrected chi connectivity index (χ1v) is 6.85. The van der Waals surface area contributed by atoms with Gasteiger partial charge in [-0.05, 0) is 38.0 Å². The molecule has 1 amide bonds. The molecule has 1 aromatic carbocycles. The van der Waals surface area contributed by atoms with Crippen molar-refractivity contribution < 1.29 is 4.79 Å². The van der Waals surface area contributed by atoms with Gasteiger partial charge in [0.25, 0.3) is 5.91 Å². The monoisotopic (exact) mass is 271 g/mol. The van der Waals surface area contributed by atoms with Gasteiger partial charge >= 0.3 is 0 Å². The summed E-state index contributed by atoms with van der Waals surface area (Å²) in [5, 5.41) is 2.95. The molecule has 1 aromatic heterocycles. The van der Waals surface area contributed by atoms with E-state index in [1.54, 1.807) is 12.3 Å². The van der Waals surface area contributed by atoms with E-state index >= 15 is 0 Å². The van der Waals surface area contributed by atoms with Crippen LogP contribution in [0.1, 0.15) is 35.0 Å². The lowest BCUT2D eigenvalue weighted by molar-refractivity contribution is 0.101. The molecule has 106 valence electrons. The Kier molecular flexibility index (Phi) is 4.13. The first-order chi connectivity index (χ1) is 9.51. The number of aryl methyl sites for hydroxylation is 3. The van der Waals surface area contributed by atoms with Gasteiger partial charge in [0.2, 0.25) is 0 Å². The van der Waals surface area contributed by atoms with Crippen LogP contribution >= 0.6 is 0 Å². The summed E-state index contributed by atoms with van der Waals surface area (Å²) in [6.45, 7) is 6.88. The third-order valence-corrected chi connectivity index (χ3v) is 3.24. The number of nitrogens with two attached hydrogens (primary N) is 1. The van der Waals surface area contributed by atoms with Crippen LogP contribution in [0.25, 0.3) is 0 Å². The van der Waals surface area contributed by atoms with Crippen LogP contribution in [0.2, 0.25) is 0 Å². The van der Waals surface area contributed by atoms with Gasteiger partial charge in [0.05, 0.1) is 5.69 Å². The quantitative estimate of drug-likeness (QED) is 0.895. The van der Waals surface area contributed by atoms with E-state index in [1.807, 2.05) is 30.5 Å². The number of carbonyl (C=O) groups is 1. The summed E-state index contributed by atoms with van der Waals surface area (Å²) in [5.41, 5.74) is 10.1. The second-order valence-electron chi connectivity index (χ2n) is 5.12. The molecule has 0 spiro atoms. The third kappa shape index (κ3) is 3.02. The van der Waals surface area contributed by atoms with Crippen molar-refractivity contribution in [2.24, 2.45) is 0 Å². The Morgan fingerprint density at radius 2 is 2.05 bits per heavy atom. The van der Waals surface area contributed by atoms with Gasteiger partial charge in [-0.3, -0.25) is 4.79 Å². The molecule has 2 aromatic rings. The summed E-state index contributed by atoms with van der Waals surface area (Å²) in [4.78, 5) is 12.4. The van der Waals surface area contributed by atoms with Crippen molar-refractivity contribution in [1.82, 2.24) is 4.57 Å². The number of nitrogen functional groups attached to an aromatic ring is 1. The summed E-state index contributed by atoms with van der Waals surface area (Å²) in [5.74, 6) is -0.123. The van der Waals surface area contributed by atoms with Crippen molar-refractivity contribution in [1.29, 1.82) is 0 Å². The molecule has 1 heterocycles. The second-order valence-corrected chi connectivity index (χ2v) is 5.12. The molecule has 0 fully saturated rings. The number of benzene rings is 1. The molecule has 20 heavy (non-hydrogen) atoms. The Balaban J connectivity index is 2.23. The van der Waals surface area contributed by atoms with E-state index in [0.29, 0.717) is 11.4 Å². The summed E-state index contributed by atoms with van der Waals surface area (Å²) < 4.78 is 1.90. The van der Waals surface area contributed by atoms with E-state index in [9.17, 15) is 4.79 Å². The lowest BCUT2D eigenvalue weighted by atomic mass is 10.1. The number of nitrogens with one attached hydrogen (secondary N) is 1. The van der Waals surface area contributed by atoms with Crippen molar-refractivity contribution in [2.75, 3.05) is 11.1 Å². The summed E-state index contributed by atoms with van der Waals surface area (Å²) >= 11 is 0. The van der Waals surface area contributed by atoms with Gasteiger partial charge in [-0.15, -0.1) is 0 Å². The van der Waals surface area contributed by atoms with Gasteiger partial charge < -0.3 is 15.6 Å². The average molecular weight is 271 g/mol. The van der Waals surface area contributed by atoms with E-state index in [0.717, 1.165) is 24.2 Å². The van der Waals surface area contributed by atoms with Crippen molar-refractivity contribution in [3.05, 3.63) is 47.3 Å². The van der Waals surface area contributed by atoms with Crippen LogP contribution in [-0.4, -0.2) is 10.5 Å². The number of hydrogen-bond donors (Lipinski definition) is 2. The molecule has 2 rings (SSSR count). The van der Waals surface area contributed by atoms with Crippen LogP contribution in [0.3, 0.4) is 0 Å². The molecule has 0 aliphatic rings. The fraction of sp³-hybridized carbons (Fsp3) is 0.312. The average Bonchev–Trinajstić information content (AvgIpc) is 2.74. The Morgan fingerprint density at radius 3 is 2.70 bits per heavy atom. The van der Waals surface area contributed by atoms with Gasteiger partial charge in [0.15, 0.2) is 0 Å². The molecule has 0 saturated carbocycles. The maximum Gasteiger partial charge on any atom is 0.272 e.